The maximum atomic E-state index is 6.03. The van der Waals surface area contributed by atoms with Crippen LogP contribution in [-0.4, -0.2) is 0 Å². The van der Waals surface area contributed by atoms with E-state index in [1.807, 2.05) is 60.7 Å². The van der Waals surface area contributed by atoms with Crippen molar-refractivity contribution in [1.29, 1.82) is 0 Å². The second-order valence-corrected chi connectivity index (χ2v) is 11.9. The first kappa shape index (κ1) is 34.0. The summed E-state index contributed by atoms with van der Waals surface area (Å²) in [7, 11) is 0. The van der Waals surface area contributed by atoms with E-state index in [1.165, 1.54) is 63.8 Å². The minimum absolute atomic E-state index is 0. The smallest absolute Gasteiger partial charge is 0.131 e. The van der Waals surface area contributed by atoms with Gasteiger partial charge < -0.3 is 15.5 Å². The van der Waals surface area contributed by atoms with Gasteiger partial charge in [-0.25, -0.2) is 0 Å². The number of allylic oxidation sites excluding steroid dienone is 4. The van der Waals surface area contributed by atoms with E-state index in [2.05, 4.69) is 109 Å². The van der Waals surface area contributed by atoms with Crippen LogP contribution >= 0.6 is 0 Å². The van der Waals surface area contributed by atoms with E-state index in [4.69, 9.17) is 9.47 Å². The van der Waals surface area contributed by atoms with Gasteiger partial charge in [0.15, 0.2) is 0 Å². The molecule has 6 aromatic rings. The third-order valence-corrected chi connectivity index (χ3v) is 8.69. The Morgan fingerprint density at radius 3 is 1.45 bits per heavy atom. The van der Waals surface area contributed by atoms with Crippen LogP contribution in [0.2, 0.25) is 0 Å². The van der Waals surface area contributed by atoms with Crippen LogP contribution in [0.3, 0.4) is 0 Å². The summed E-state index contributed by atoms with van der Waals surface area (Å²) >= 11 is 0. The van der Waals surface area contributed by atoms with E-state index >= 15 is 0 Å². The fraction of sp³-hybridized carbons (Fsp3) is 0.130. The minimum atomic E-state index is 0. The summed E-state index contributed by atoms with van der Waals surface area (Å²) in [4.78, 5) is 0. The summed E-state index contributed by atoms with van der Waals surface area (Å²) < 4.78 is 12.1. The molecule has 0 saturated carbocycles. The third-order valence-electron chi connectivity index (χ3n) is 8.69. The molecule has 0 atom stereocenters. The monoisotopic (exact) mass is 816 g/mol. The molecule has 2 aliphatic heterocycles. The van der Waals surface area contributed by atoms with Crippen molar-refractivity contribution in [3.63, 3.8) is 0 Å². The zero-order chi connectivity index (χ0) is 32.4. The van der Waals surface area contributed by atoms with Crippen LogP contribution in [-0.2, 0) is 33.9 Å². The van der Waals surface area contributed by atoms with Gasteiger partial charge in [0.2, 0.25) is 0 Å². The van der Waals surface area contributed by atoms with Gasteiger partial charge in [0, 0.05) is 45.0 Å². The molecule has 246 valence electrons. The molecule has 9 rings (SSSR count). The van der Waals surface area contributed by atoms with Gasteiger partial charge in [0.1, 0.15) is 23.0 Å². The summed E-state index contributed by atoms with van der Waals surface area (Å²) in [6.45, 7) is 0. The number of hydrogen-bond acceptors (Lipinski definition) is 2. The molecule has 0 bridgehead atoms. The predicted octanol–water partition coefficient (Wildman–Crippen LogP) is 12.2. The van der Waals surface area contributed by atoms with Gasteiger partial charge >= 0.3 is 0 Å². The number of benzene rings is 6. The fourth-order valence-electron chi connectivity index (χ4n) is 6.26. The molecule has 0 N–H and O–H groups in total. The zero-order valence-corrected chi connectivity index (χ0v) is 29.6. The average molecular weight is 817 g/mol. The number of hydrogen-bond donors (Lipinski definition) is 0. The number of fused-ring (bicyclic) bond motifs is 4. The molecule has 0 radical (unpaired) electrons. The van der Waals surface area contributed by atoms with Crippen LogP contribution in [0.1, 0.15) is 47.9 Å². The van der Waals surface area contributed by atoms with Gasteiger partial charge in [-0.15, -0.1) is 11.1 Å². The molecule has 3 aliphatic rings. The van der Waals surface area contributed by atoms with Crippen LogP contribution in [0.4, 0.5) is 0 Å². The first-order valence-electron chi connectivity index (χ1n) is 16.7. The molecule has 2 heterocycles. The van der Waals surface area contributed by atoms with E-state index in [9.17, 15) is 0 Å². The molecule has 0 unspecified atom stereocenters. The van der Waals surface area contributed by atoms with Crippen LogP contribution in [0.25, 0.3) is 22.3 Å². The summed E-state index contributed by atoms with van der Waals surface area (Å²) in [6, 6.07) is 51.3. The van der Waals surface area contributed by atoms with Crippen LogP contribution in [0.15, 0.2) is 152 Å². The molecule has 49 heavy (non-hydrogen) atoms. The third kappa shape index (κ3) is 8.39. The van der Waals surface area contributed by atoms with E-state index < -0.39 is 0 Å². The second-order valence-electron chi connectivity index (χ2n) is 11.9. The molecular weight excluding hydrogens is 780 g/mol. The standard InChI is InChI=1S/2C19H13O.C8H11.Pt/c2*1-2-7-14(8-3-1)16-10-6-12-19-17(16)13-15-9-4-5-11-18(15)20-19;1-2-4-6-8-7-5-3-1;/h2*2-12H,13H2;1-2,7H,3-6H2;/q3*-1;. The Kier molecular flexibility index (Phi) is 11.8. The minimum Gasteiger partial charge on any atom is -0.500 e. The van der Waals surface area contributed by atoms with Crippen LogP contribution in [0.5, 0.6) is 23.0 Å². The topological polar surface area (TPSA) is 18.5 Å². The normalized spacial score (nSPS) is 13.2. The maximum Gasteiger partial charge on any atom is 0.131 e. The Labute approximate surface area is 305 Å². The summed E-state index contributed by atoms with van der Waals surface area (Å²) in [5.74, 6) is 3.88. The molecule has 0 saturated heterocycles. The molecule has 3 heteroatoms. The van der Waals surface area contributed by atoms with Crippen molar-refractivity contribution in [2.24, 2.45) is 0 Å². The van der Waals surface area contributed by atoms with E-state index in [0.29, 0.717) is 0 Å². The van der Waals surface area contributed by atoms with Crippen molar-refractivity contribution in [2.45, 2.75) is 38.5 Å². The SMILES string of the molecule is [C-]1=CCCC=CCC1.[Pt].[c-]1ccc(-c2cccc3c2Cc2ccccc2O3)cc1.[c-]1ccc(-c2cccc3c2Cc2ccccc2O3)cc1. The predicted molar refractivity (Wildman–Crippen MR) is 195 cm³/mol. The molecule has 0 fully saturated rings. The number of rotatable bonds is 2. The first-order valence-corrected chi connectivity index (χ1v) is 16.7. The molecule has 6 aromatic carbocycles. The molecular formula is C46H37O2Pt-3. The van der Waals surface area contributed by atoms with Gasteiger partial charge in [-0.1, -0.05) is 85.7 Å². The molecule has 0 spiro atoms. The van der Waals surface area contributed by atoms with Gasteiger partial charge in [0.25, 0.3) is 0 Å². The van der Waals surface area contributed by atoms with Gasteiger partial charge in [0.05, 0.1) is 0 Å². The molecule has 1 aliphatic carbocycles. The zero-order valence-electron chi connectivity index (χ0n) is 27.3. The van der Waals surface area contributed by atoms with Crippen molar-refractivity contribution in [3.8, 4) is 45.3 Å². The largest absolute Gasteiger partial charge is 0.500 e. The first-order chi connectivity index (χ1) is 23.8. The number of para-hydroxylation sites is 2. The summed E-state index contributed by atoms with van der Waals surface area (Å²) in [5.41, 5.74) is 9.92. The van der Waals surface area contributed by atoms with Crippen LogP contribution < -0.4 is 9.47 Å². The van der Waals surface area contributed by atoms with Gasteiger partial charge in [-0.2, -0.15) is 67.1 Å². The average Bonchev–Trinajstić information content (AvgIpc) is 3.13. The molecule has 0 amide bonds. The molecule has 2 nitrogen and oxygen atoms in total. The fourth-order valence-corrected chi connectivity index (χ4v) is 6.26. The van der Waals surface area contributed by atoms with Crippen molar-refractivity contribution in [1.82, 2.24) is 0 Å². The Bertz CT molecular complexity index is 1870. The van der Waals surface area contributed by atoms with Gasteiger partial charge in [-0.05, 0) is 52.9 Å². The van der Waals surface area contributed by atoms with Crippen LogP contribution in [0, 0.1) is 18.2 Å². The Morgan fingerprint density at radius 1 is 0.449 bits per heavy atom. The Balaban J connectivity index is 0.000000137. The van der Waals surface area contributed by atoms with Crippen molar-refractivity contribution < 1.29 is 30.5 Å². The number of ether oxygens (including phenoxy) is 2. The summed E-state index contributed by atoms with van der Waals surface area (Å²) in [5, 5.41) is 0. The molecule has 0 aromatic heterocycles. The van der Waals surface area contributed by atoms with Crippen molar-refractivity contribution >= 4 is 0 Å². The quantitative estimate of drug-likeness (QED) is 0.128. The van der Waals surface area contributed by atoms with Gasteiger partial charge in [-0.3, -0.25) is 6.08 Å². The van der Waals surface area contributed by atoms with Crippen molar-refractivity contribution in [2.75, 3.05) is 0 Å². The second kappa shape index (κ2) is 17.0. The van der Waals surface area contributed by atoms with Crippen molar-refractivity contribution in [3.05, 3.63) is 192 Å². The van der Waals surface area contributed by atoms with E-state index in [-0.39, 0.29) is 21.1 Å². The van der Waals surface area contributed by atoms with E-state index in [1.54, 1.807) is 0 Å². The Hall–Kier alpha value is -4.91. The van der Waals surface area contributed by atoms with E-state index in [0.717, 1.165) is 42.3 Å². The Morgan fingerprint density at radius 2 is 0.918 bits per heavy atom. The summed E-state index contributed by atoms with van der Waals surface area (Å²) in [6.07, 6.45) is 16.3. The maximum absolute atomic E-state index is 6.03.